The van der Waals surface area contributed by atoms with E-state index in [1.165, 1.54) is 0 Å². The summed E-state index contributed by atoms with van der Waals surface area (Å²) in [5, 5.41) is 2.72. The van der Waals surface area contributed by atoms with Crippen LogP contribution in [0.2, 0.25) is 0 Å². The van der Waals surface area contributed by atoms with E-state index in [1.807, 2.05) is 6.92 Å². The average molecular weight is 313 g/mol. The number of halogens is 1. The monoisotopic (exact) mass is 312 g/mol. The zero-order valence-electron chi connectivity index (χ0n) is 9.71. The van der Waals surface area contributed by atoms with Crippen molar-refractivity contribution in [2.45, 2.75) is 19.4 Å². The van der Waals surface area contributed by atoms with Crippen molar-refractivity contribution < 1.29 is 4.79 Å². The SMILES string of the molecule is CC[C@@H](N)C(=O)Nc1cc2[nH]c(=O)[nH]c2cc1Br. The summed E-state index contributed by atoms with van der Waals surface area (Å²) >= 11 is 3.33. The Morgan fingerprint density at radius 1 is 1.44 bits per heavy atom. The van der Waals surface area contributed by atoms with Crippen LogP contribution in [0, 0.1) is 0 Å². The smallest absolute Gasteiger partial charge is 0.323 e. The lowest BCUT2D eigenvalue weighted by Gasteiger charge is -2.11. The number of fused-ring (bicyclic) bond motifs is 1. The molecule has 1 heterocycles. The third-order valence-electron chi connectivity index (χ3n) is 2.64. The molecule has 0 radical (unpaired) electrons. The van der Waals surface area contributed by atoms with Crippen LogP contribution in [0.15, 0.2) is 21.4 Å². The molecule has 0 spiro atoms. The maximum atomic E-state index is 11.7. The average Bonchev–Trinajstić information content (AvgIpc) is 2.67. The van der Waals surface area contributed by atoms with Crippen LogP contribution in [0.5, 0.6) is 0 Å². The van der Waals surface area contributed by atoms with Gasteiger partial charge >= 0.3 is 5.69 Å². The molecule has 0 saturated heterocycles. The molecule has 0 bridgehead atoms. The zero-order valence-corrected chi connectivity index (χ0v) is 11.3. The van der Waals surface area contributed by atoms with Gasteiger partial charge in [0, 0.05) is 4.47 Å². The van der Waals surface area contributed by atoms with Crippen LogP contribution < -0.4 is 16.7 Å². The fraction of sp³-hybridized carbons (Fsp3) is 0.273. The quantitative estimate of drug-likeness (QED) is 0.686. The molecule has 0 aliphatic rings. The predicted molar refractivity (Wildman–Crippen MR) is 73.5 cm³/mol. The summed E-state index contributed by atoms with van der Waals surface area (Å²) in [7, 11) is 0. The van der Waals surface area contributed by atoms with E-state index >= 15 is 0 Å². The van der Waals surface area contributed by atoms with Crippen molar-refractivity contribution in [3.8, 4) is 0 Å². The van der Waals surface area contributed by atoms with Crippen LogP contribution >= 0.6 is 15.9 Å². The Bertz CT molecular complexity index is 646. The normalized spacial score (nSPS) is 12.6. The standard InChI is InChI=1S/C11H13BrN4O2/c1-2-6(13)10(17)14-7-4-9-8(3-5(7)12)15-11(18)16-9/h3-4,6H,2,13H2,1H3,(H,14,17)(H2,15,16,18)/t6-/m1/s1. The van der Waals surface area contributed by atoms with Crippen molar-refractivity contribution in [1.29, 1.82) is 0 Å². The maximum Gasteiger partial charge on any atom is 0.323 e. The number of benzene rings is 1. The van der Waals surface area contributed by atoms with E-state index in [-0.39, 0.29) is 11.6 Å². The molecule has 6 nitrogen and oxygen atoms in total. The van der Waals surface area contributed by atoms with Gasteiger partial charge in [-0.2, -0.15) is 0 Å². The summed E-state index contributed by atoms with van der Waals surface area (Å²) in [6.45, 7) is 1.84. The topological polar surface area (TPSA) is 104 Å². The number of aromatic amines is 2. The van der Waals surface area contributed by atoms with Gasteiger partial charge in [-0.25, -0.2) is 4.79 Å². The predicted octanol–water partition coefficient (Wildman–Crippen LogP) is 1.29. The Labute approximate surface area is 111 Å². The van der Waals surface area contributed by atoms with Crippen LogP contribution in [0.1, 0.15) is 13.3 Å². The Morgan fingerprint density at radius 2 is 2.06 bits per heavy atom. The second-order valence-corrected chi connectivity index (χ2v) is 4.82. The number of carbonyl (C=O) groups excluding carboxylic acids is 1. The third-order valence-corrected chi connectivity index (χ3v) is 3.29. The minimum Gasteiger partial charge on any atom is -0.324 e. The molecule has 0 aliphatic carbocycles. The summed E-state index contributed by atoms with van der Waals surface area (Å²) in [6, 6.07) is 2.86. The number of hydrogen-bond donors (Lipinski definition) is 4. The van der Waals surface area contributed by atoms with E-state index in [0.29, 0.717) is 27.6 Å². The van der Waals surface area contributed by atoms with Gasteiger partial charge in [0.1, 0.15) is 0 Å². The number of anilines is 1. The van der Waals surface area contributed by atoms with Gasteiger partial charge in [-0.15, -0.1) is 0 Å². The van der Waals surface area contributed by atoms with E-state index in [1.54, 1.807) is 12.1 Å². The first-order valence-corrected chi connectivity index (χ1v) is 6.28. The second kappa shape index (κ2) is 4.95. The van der Waals surface area contributed by atoms with E-state index in [0.717, 1.165) is 0 Å². The van der Waals surface area contributed by atoms with Gasteiger partial charge in [0.05, 0.1) is 22.8 Å². The lowest BCUT2D eigenvalue weighted by Crippen LogP contribution is -2.34. The van der Waals surface area contributed by atoms with Crippen LogP contribution in [0.25, 0.3) is 11.0 Å². The number of carbonyl (C=O) groups is 1. The van der Waals surface area contributed by atoms with Gasteiger partial charge in [-0.05, 0) is 34.5 Å². The summed E-state index contributed by atoms with van der Waals surface area (Å²) in [6.07, 6.45) is 0.562. The molecule has 18 heavy (non-hydrogen) atoms. The van der Waals surface area contributed by atoms with Crippen molar-refractivity contribution in [2.24, 2.45) is 5.73 Å². The molecule has 0 aliphatic heterocycles. The van der Waals surface area contributed by atoms with E-state index in [9.17, 15) is 9.59 Å². The number of aromatic nitrogens is 2. The highest BCUT2D eigenvalue weighted by atomic mass is 79.9. The van der Waals surface area contributed by atoms with E-state index in [2.05, 4.69) is 31.2 Å². The van der Waals surface area contributed by atoms with Crippen molar-refractivity contribution in [1.82, 2.24) is 9.97 Å². The maximum absolute atomic E-state index is 11.7. The molecule has 0 unspecified atom stereocenters. The Hall–Kier alpha value is -1.60. The number of amides is 1. The van der Waals surface area contributed by atoms with Crippen molar-refractivity contribution in [3.63, 3.8) is 0 Å². The second-order valence-electron chi connectivity index (χ2n) is 3.96. The summed E-state index contributed by atoms with van der Waals surface area (Å²) in [5.74, 6) is -0.254. The fourth-order valence-corrected chi connectivity index (χ4v) is 2.01. The number of H-pyrrole nitrogens is 2. The van der Waals surface area contributed by atoms with Gasteiger partial charge < -0.3 is 21.0 Å². The van der Waals surface area contributed by atoms with Crippen LogP contribution in [0.3, 0.4) is 0 Å². The van der Waals surface area contributed by atoms with Crippen LogP contribution in [-0.4, -0.2) is 21.9 Å². The molecule has 1 aromatic carbocycles. The molecule has 1 aromatic heterocycles. The van der Waals surface area contributed by atoms with Crippen LogP contribution in [-0.2, 0) is 4.79 Å². The molecule has 1 amide bonds. The molecular weight excluding hydrogens is 300 g/mol. The first kappa shape index (κ1) is 12.8. The Morgan fingerprint density at radius 3 is 2.67 bits per heavy atom. The zero-order chi connectivity index (χ0) is 13.3. The van der Waals surface area contributed by atoms with Gasteiger partial charge in [-0.3, -0.25) is 4.79 Å². The van der Waals surface area contributed by atoms with Gasteiger partial charge in [0.15, 0.2) is 0 Å². The van der Waals surface area contributed by atoms with Crippen molar-refractivity contribution in [3.05, 3.63) is 27.1 Å². The number of rotatable bonds is 3. The number of hydrogen-bond acceptors (Lipinski definition) is 3. The lowest BCUT2D eigenvalue weighted by molar-refractivity contribution is -0.117. The summed E-state index contributed by atoms with van der Waals surface area (Å²) in [4.78, 5) is 28.1. The Kier molecular flexibility index (Phi) is 3.53. The highest BCUT2D eigenvalue weighted by Gasteiger charge is 2.13. The number of imidazole rings is 1. The minimum absolute atomic E-state index is 0.254. The molecule has 2 aromatic rings. The van der Waals surface area contributed by atoms with Gasteiger partial charge in [-0.1, -0.05) is 6.92 Å². The minimum atomic E-state index is -0.544. The largest absolute Gasteiger partial charge is 0.324 e. The molecule has 7 heteroatoms. The third kappa shape index (κ3) is 2.46. The molecule has 1 atom stereocenters. The lowest BCUT2D eigenvalue weighted by atomic mass is 10.2. The Balaban J connectivity index is 2.36. The molecule has 0 fully saturated rings. The first-order chi connectivity index (χ1) is 8.51. The first-order valence-electron chi connectivity index (χ1n) is 5.49. The van der Waals surface area contributed by atoms with Gasteiger partial charge in [0.2, 0.25) is 5.91 Å². The van der Waals surface area contributed by atoms with E-state index < -0.39 is 6.04 Å². The molecule has 2 rings (SSSR count). The number of nitrogens with one attached hydrogen (secondary N) is 3. The summed E-state index contributed by atoms with van der Waals surface area (Å²) < 4.78 is 0.682. The fourth-order valence-electron chi connectivity index (χ4n) is 1.56. The molecular formula is C11H13BrN4O2. The van der Waals surface area contributed by atoms with Crippen LogP contribution in [0.4, 0.5) is 5.69 Å². The highest BCUT2D eigenvalue weighted by Crippen LogP contribution is 2.26. The van der Waals surface area contributed by atoms with Gasteiger partial charge in [0.25, 0.3) is 0 Å². The molecule has 5 N–H and O–H groups in total. The van der Waals surface area contributed by atoms with Crippen molar-refractivity contribution >= 4 is 38.6 Å². The number of nitrogens with two attached hydrogens (primary N) is 1. The summed E-state index contributed by atoms with van der Waals surface area (Å²) in [5.41, 5.74) is 7.23. The van der Waals surface area contributed by atoms with E-state index in [4.69, 9.17) is 5.73 Å². The molecule has 96 valence electrons. The van der Waals surface area contributed by atoms with Crippen molar-refractivity contribution in [2.75, 3.05) is 5.32 Å². The highest BCUT2D eigenvalue weighted by molar-refractivity contribution is 9.10. The molecule has 0 saturated carbocycles.